The summed E-state index contributed by atoms with van der Waals surface area (Å²) in [5.74, 6) is 0.561. The van der Waals surface area contributed by atoms with Crippen LogP contribution in [0.25, 0.3) is 0 Å². The molecule has 1 amide bonds. The smallest absolute Gasteiger partial charge is 0.275 e. The molecule has 1 aromatic carbocycles. The van der Waals surface area contributed by atoms with Crippen molar-refractivity contribution >= 4 is 22.9 Å². The Balaban J connectivity index is 1.56. The molecule has 0 atom stereocenters. The molecule has 1 aliphatic carbocycles. The predicted molar refractivity (Wildman–Crippen MR) is 91.6 cm³/mol. The zero-order valence-corrected chi connectivity index (χ0v) is 13.8. The third-order valence-electron chi connectivity index (χ3n) is 3.65. The van der Waals surface area contributed by atoms with Crippen molar-refractivity contribution in [3.8, 4) is 0 Å². The summed E-state index contributed by atoms with van der Waals surface area (Å²) in [7, 11) is 0. The van der Waals surface area contributed by atoms with E-state index in [1.165, 1.54) is 24.2 Å². The zero-order chi connectivity index (χ0) is 16.1. The number of ether oxygens (including phenoxy) is 1. The van der Waals surface area contributed by atoms with E-state index in [2.05, 4.69) is 10.3 Å². The Bertz CT molecular complexity index is 667. The topological polar surface area (TPSA) is 77.2 Å². The Morgan fingerprint density at radius 2 is 2.30 bits per heavy atom. The van der Waals surface area contributed by atoms with Crippen molar-refractivity contribution in [2.24, 2.45) is 11.7 Å². The fourth-order valence-electron chi connectivity index (χ4n) is 2.22. The quantitative estimate of drug-likeness (QED) is 0.780. The summed E-state index contributed by atoms with van der Waals surface area (Å²) in [5, 5.41) is 5.54. The molecule has 1 aliphatic rings. The number of hydrogen-bond donors (Lipinski definition) is 2. The molecule has 2 aromatic rings. The van der Waals surface area contributed by atoms with Gasteiger partial charge in [-0.05, 0) is 43.0 Å². The molecule has 0 spiro atoms. The largest absolute Gasteiger partial charge is 0.376 e. The van der Waals surface area contributed by atoms with Crippen molar-refractivity contribution in [1.82, 2.24) is 4.98 Å². The average Bonchev–Trinajstić information content (AvgIpc) is 3.24. The van der Waals surface area contributed by atoms with E-state index in [4.69, 9.17) is 10.5 Å². The molecule has 0 bridgehead atoms. The van der Waals surface area contributed by atoms with E-state index in [1.807, 2.05) is 24.3 Å². The van der Waals surface area contributed by atoms with Crippen LogP contribution in [0.2, 0.25) is 0 Å². The number of hydrogen-bond acceptors (Lipinski definition) is 5. The molecule has 0 saturated heterocycles. The second-order valence-corrected chi connectivity index (χ2v) is 6.72. The molecule has 0 unspecified atom stereocenters. The second kappa shape index (κ2) is 7.68. The van der Waals surface area contributed by atoms with Gasteiger partial charge in [-0.15, -0.1) is 11.3 Å². The minimum absolute atomic E-state index is 0.194. The van der Waals surface area contributed by atoms with Gasteiger partial charge in [-0.25, -0.2) is 4.98 Å². The maximum Gasteiger partial charge on any atom is 0.275 e. The third-order valence-corrected chi connectivity index (χ3v) is 4.56. The van der Waals surface area contributed by atoms with Crippen LogP contribution in [0.3, 0.4) is 0 Å². The van der Waals surface area contributed by atoms with Crippen LogP contribution < -0.4 is 11.1 Å². The molecule has 23 heavy (non-hydrogen) atoms. The van der Waals surface area contributed by atoms with Crippen LogP contribution in [0.4, 0.5) is 5.69 Å². The Labute approximate surface area is 139 Å². The van der Waals surface area contributed by atoms with Gasteiger partial charge in [0.2, 0.25) is 0 Å². The molecule has 1 saturated carbocycles. The van der Waals surface area contributed by atoms with Gasteiger partial charge in [0.25, 0.3) is 5.91 Å². The molecule has 6 heteroatoms. The first-order valence-corrected chi connectivity index (χ1v) is 8.75. The molecule has 1 heterocycles. The van der Waals surface area contributed by atoms with E-state index in [0.717, 1.165) is 28.8 Å². The molecule has 1 aromatic heterocycles. The Kier molecular flexibility index (Phi) is 5.38. The Morgan fingerprint density at radius 1 is 1.43 bits per heavy atom. The summed E-state index contributed by atoms with van der Waals surface area (Å²) in [4.78, 5) is 16.5. The van der Waals surface area contributed by atoms with Gasteiger partial charge in [-0.2, -0.15) is 0 Å². The van der Waals surface area contributed by atoms with Crippen LogP contribution >= 0.6 is 11.3 Å². The highest BCUT2D eigenvalue weighted by Crippen LogP contribution is 2.29. The number of nitrogens with one attached hydrogen (secondary N) is 1. The first kappa shape index (κ1) is 16.1. The molecule has 5 nitrogen and oxygen atoms in total. The number of carbonyl (C=O) groups excluding carboxylic acids is 1. The molecule has 3 N–H and O–H groups in total. The number of carbonyl (C=O) groups is 1. The van der Waals surface area contributed by atoms with Gasteiger partial charge in [0.05, 0.1) is 11.6 Å². The summed E-state index contributed by atoms with van der Waals surface area (Å²) >= 11 is 1.46. The van der Waals surface area contributed by atoms with Crippen molar-refractivity contribution in [2.75, 3.05) is 18.5 Å². The SMILES string of the molecule is NCCc1nc(C(=O)Nc2cccc(COCC3CC3)c2)cs1. The number of nitrogens with two attached hydrogens (primary N) is 1. The van der Waals surface area contributed by atoms with Crippen LogP contribution in [-0.4, -0.2) is 24.0 Å². The first-order chi connectivity index (χ1) is 11.2. The van der Waals surface area contributed by atoms with Crippen molar-refractivity contribution in [3.05, 3.63) is 45.9 Å². The van der Waals surface area contributed by atoms with E-state index >= 15 is 0 Å². The molecule has 0 radical (unpaired) electrons. The molecule has 1 fully saturated rings. The summed E-state index contributed by atoms with van der Waals surface area (Å²) in [6.45, 7) is 1.95. The van der Waals surface area contributed by atoms with Crippen LogP contribution in [0.5, 0.6) is 0 Å². The predicted octanol–water partition coefficient (Wildman–Crippen LogP) is 2.82. The van der Waals surface area contributed by atoms with Crippen molar-refractivity contribution < 1.29 is 9.53 Å². The van der Waals surface area contributed by atoms with Gasteiger partial charge in [-0.1, -0.05) is 12.1 Å². The van der Waals surface area contributed by atoms with Crippen LogP contribution in [0, 0.1) is 5.92 Å². The van der Waals surface area contributed by atoms with Crippen LogP contribution in [0.15, 0.2) is 29.6 Å². The molecule has 0 aliphatic heterocycles. The Morgan fingerprint density at radius 3 is 3.09 bits per heavy atom. The number of thiazole rings is 1. The molecule has 122 valence electrons. The van der Waals surface area contributed by atoms with Gasteiger partial charge in [-0.3, -0.25) is 4.79 Å². The normalized spacial score (nSPS) is 14.0. The van der Waals surface area contributed by atoms with E-state index in [1.54, 1.807) is 5.38 Å². The number of anilines is 1. The van der Waals surface area contributed by atoms with E-state index < -0.39 is 0 Å². The summed E-state index contributed by atoms with van der Waals surface area (Å²) in [5.41, 5.74) is 7.76. The monoisotopic (exact) mass is 331 g/mol. The fourth-order valence-corrected chi connectivity index (χ4v) is 3.01. The van der Waals surface area contributed by atoms with Gasteiger partial charge < -0.3 is 15.8 Å². The lowest BCUT2D eigenvalue weighted by molar-refractivity contribution is 0.102. The van der Waals surface area contributed by atoms with Crippen molar-refractivity contribution in [3.63, 3.8) is 0 Å². The Hall–Kier alpha value is -1.76. The van der Waals surface area contributed by atoms with Gasteiger partial charge in [0.1, 0.15) is 5.69 Å². The minimum Gasteiger partial charge on any atom is -0.376 e. The lowest BCUT2D eigenvalue weighted by Gasteiger charge is -2.07. The summed E-state index contributed by atoms with van der Waals surface area (Å²) in [6.07, 6.45) is 3.28. The van der Waals surface area contributed by atoms with E-state index in [9.17, 15) is 4.79 Å². The summed E-state index contributed by atoms with van der Waals surface area (Å²) < 4.78 is 5.68. The second-order valence-electron chi connectivity index (χ2n) is 5.78. The van der Waals surface area contributed by atoms with Crippen molar-refractivity contribution in [2.45, 2.75) is 25.9 Å². The van der Waals surface area contributed by atoms with E-state index in [0.29, 0.717) is 25.3 Å². The number of amides is 1. The average molecular weight is 331 g/mol. The lowest BCUT2D eigenvalue weighted by Crippen LogP contribution is -2.13. The fraction of sp³-hybridized carbons (Fsp3) is 0.412. The van der Waals surface area contributed by atoms with Crippen molar-refractivity contribution in [1.29, 1.82) is 0 Å². The molecular formula is C17H21N3O2S. The van der Waals surface area contributed by atoms with Crippen LogP contribution in [0.1, 0.15) is 33.9 Å². The maximum absolute atomic E-state index is 12.2. The third kappa shape index (κ3) is 4.86. The first-order valence-electron chi connectivity index (χ1n) is 7.87. The number of aromatic nitrogens is 1. The number of benzene rings is 1. The lowest BCUT2D eigenvalue weighted by atomic mass is 10.2. The van der Waals surface area contributed by atoms with E-state index in [-0.39, 0.29) is 5.91 Å². The highest BCUT2D eigenvalue weighted by molar-refractivity contribution is 7.09. The van der Waals surface area contributed by atoms with Gasteiger partial charge in [0.15, 0.2) is 0 Å². The summed E-state index contributed by atoms with van der Waals surface area (Å²) in [6, 6.07) is 7.74. The number of rotatable bonds is 8. The maximum atomic E-state index is 12.2. The van der Waals surface area contributed by atoms with Gasteiger partial charge in [0, 0.05) is 24.1 Å². The molecular weight excluding hydrogens is 310 g/mol. The van der Waals surface area contributed by atoms with Gasteiger partial charge >= 0.3 is 0 Å². The van der Waals surface area contributed by atoms with Crippen LogP contribution in [-0.2, 0) is 17.8 Å². The highest BCUT2D eigenvalue weighted by atomic mass is 32.1. The highest BCUT2D eigenvalue weighted by Gasteiger charge is 2.21. The molecule has 3 rings (SSSR count). The number of nitrogens with zero attached hydrogens (tertiary/aromatic N) is 1. The standard InChI is InChI=1S/C17H21N3O2S/c18-7-6-16-20-15(11-23-16)17(21)19-14-3-1-2-13(8-14)10-22-9-12-4-5-12/h1-3,8,11-12H,4-7,9-10,18H2,(H,19,21). The zero-order valence-electron chi connectivity index (χ0n) is 13.0. The minimum atomic E-state index is -0.194.